The Morgan fingerprint density at radius 3 is 2.53 bits per heavy atom. The minimum absolute atomic E-state index is 0.405. The largest absolute Gasteiger partial charge is 0.263 e. The van der Waals surface area contributed by atoms with Gasteiger partial charge in [0.15, 0.2) is 0 Å². The highest BCUT2D eigenvalue weighted by Gasteiger charge is 2.27. The van der Waals surface area contributed by atoms with Crippen LogP contribution in [0.25, 0.3) is 12.2 Å². The third-order valence-corrected chi connectivity index (χ3v) is 3.51. The van der Waals surface area contributed by atoms with Crippen molar-refractivity contribution in [3.8, 4) is 0 Å². The molecule has 1 aliphatic rings. The number of benzene rings is 1. The maximum absolute atomic E-state index is 4.75. The Hall–Kier alpha value is -1.83. The molecule has 0 aliphatic heterocycles. The third kappa shape index (κ3) is 2.78. The normalized spacial score (nSPS) is 15.5. The van der Waals surface area contributed by atoms with Crippen molar-refractivity contribution in [1.82, 2.24) is 9.78 Å². The van der Waals surface area contributed by atoms with Gasteiger partial charge >= 0.3 is 0 Å². The Bertz CT molecular complexity index is 575. The number of rotatable bonds is 4. The minimum atomic E-state index is 0.405. The molecule has 1 aliphatic carbocycles. The minimum Gasteiger partial charge on any atom is -0.263 e. The molecule has 0 spiro atoms. The first-order valence-electron chi connectivity index (χ1n) is 7.06. The number of aromatic nitrogens is 2. The molecule has 1 heterocycles. The van der Waals surface area contributed by atoms with Gasteiger partial charge in [0.05, 0.1) is 11.4 Å². The van der Waals surface area contributed by atoms with E-state index in [2.05, 4.69) is 61.0 Å². The lowest BCUT2D eigenvalue weighted by Crippen LogP contribution is -2.05. The summed E-state index contributed by atoms with van der Waals surface area (Å²) in [4.78, 5) is 0. The third-order valence-electron chi connectivity index (χ3n) is 3.51. The van der Waals surface area contributed by atoms with Crippen LogP contribution in [0.5, 0.6) is 0 Å². The van der Waals surface area contributed by atoms with Gasteiger partial charge in [0.25, 0.3) is 0 Å². The van der Waals surface area contributed by atoms with Crippen LogP contribution in [0.4, 0.5) is 0 Å². The van der Waals surface area contributed by atoms with Gasteiger partial charge in [-0.1, -0.05) is 36.4 Å². The average Bonchev–Trinajstić information content (AvgIpc) is 3.17. The van der Waals surface area contributed by atoms with E-state index in [1.807, 2.05) is 6.07 Å². The molecular formula is C17H20N2. The smallest absolute Gasteiger partial charge is 0.0661 e. The van der Waals surface area contributed by atoms with Gasteiger partial charge in [-0.15, -0.1) is 0 Å². The summed E-state index contributed by atoms with van der Waals surface area (Å²) in [6, 6.07) is 13.1. The van der Waals surface area contributed by atoms with Crippen LogP contribution in [0.1, 0.15) is 55.6 Å². The van der Waals surface area contributed by atoms with Crippen LogP contribution >= 0.6 is 0 Å². The van der Waals surface area contributed by atoms with E-state index in [-0.39, 0.29) is 0 Å². The first kappa shape index (κ1) is 12.2. The van der Waals surface area contributed by atoms with Crippen LogP contribution in [-0.4, -0.2) is 9.78 Å². The average molecular weight is 252 g/mol. The van der Waals surface area contributed by atoms with Crippen molar-refractivity contribution in [3.63, 3.8) is 0 Å². The zero-order chi connectivity index (χ0) is 13.2. The second-order valence-corrected chi connectivity index (χ2v) is 5.55. The molecule has 2 aromatic rings. The highest BCUT2D eigenvalue weighted by Crippen LogP contribution is 2.39. The van der Waals surface area contributed by atoms with E-state index in [0.717, 1.165) is 0 Å². The number of hydrogen-bond donors (Lipinski definition) is 0. The summed E-state index contributed by atoms with van der Waals surface area (Å²) in [5.41, 5.74) is 3.70. The summed E-state index contributed by atoms with van der Waals surface area (Å²) >= 11 is 0. The fourth-order valence-corrected chi connectivity index (χ4v) is 2.29. The van der Waals surface area contributed by atoms with Gasteiger partial charge in [-0.25, -0.2) is 0 Å². The van der Waals surface area contributed by atoms with Crippen molar-refractivity contribution in [3.05, 3.63) is 53.3 Å². The Morgan fingerprint density at radius 2 is 1.89 bits per heavy atom. The Kier molecular flexibility index (Phi) is 3.24. The molecule has 19 heavy (non-hydrogen) atoms. The predicted octanol–water partition coefficient (Wildman–Crippen LogP) is 4.51. The molecule has 0 saturated heterocycles. The zero-order valence-corrected chi connectivity index (χ0v) is 11.6. The van der Waals surface area contributed by atoms with E-state index in [4.69, 9.17) is 5.10 Å². The molecule has 98 valence electrons. The summed E-state index contributed by atoms with van der Waals surface area (Å²) in [5, 5.41) is 4.75. The quantitative estimate of drug-likeness (QED) is 0.782. The van der Waals surface area contributed by atoms with Gasteiger partial charge in [0, 0.05) is 12.0 Å². The molecular weight excluding hydrogens is 232 g/mol. The highest BCUT2D eigenvalue weighted by atomic mass is 15.3. The van der Waals surface area contributed by atoms with E-state index in [1.54, 1.807) is 0 Å². The van der Waals surface area contributed by atoms with E-state index < -0.39 is 0 Å². The first-order valence-corrected chi connectivity index (χ1v) is 7.06. The predicted molar refractivity (Wildman–Crippen MR) is 80.0 cm³/mol. The van der Waals surface area contributed by atoms with Crippen molar-refractivity contribution < 1.29 is 0 Å². The molecule has 0 bridgehead atoms. The standard InChI is InChI=1S/C17H20N2/c1-13(2)19-16(12-17(18-19)15-9-10-15)11-8-14-6-4-3-5-7-14/h3-8,11-13,15H,9-10H2,1-2H3/b11-8+. The second kappa shape index (κ2) is 5.04. The summed E-state index contributed by atoms with van der Waals surface area (Å²) in [7, 11) is 0. The fourth-order valence-electron chi connectivity index (χ4n) is 2.29. The molecule has 0 amide bonds. The molecule has 2 heteroatoms. The topological polar surface area (TPSA) is 17.8 Å². The molecule has 2 nitrogen and oxygen atoms in total. The lowest BCUT2D eigenvalue weighted by atomic mass is 10.2. The molecule has 0 unspecified atom stereocenters. The van der Waals surface area contributed by atoms with Crippen LogP contribution in [0.15, 0.2) is 36.4 Å². The maximum atomic E-state index is 4.75. The Balaban J connectivity index is 1.88. The summed E-state index contributed by atoms with van der Waals surface area (Å²) in [5.74, 6) is 0.712. The van der Waals surface area contributed by atoms with Crippen LogP contribution in [0.2, 0.25) is 0 Å². The molecule has 1 aromatic heterocycles. The van der Waals surface area contributed by atoms with Gasteiger partial charge in [0.2, 0.25) is 0 Å². The lowest BCUT2D eigenvalue weighted by molar-refractivity contribution is 0.523. The molecule has 1 fully saturated rings. The highest BCUT2D eigenvalue weighted by molar-refractivity contribution is 5.68. The summed E-state index contributed by atoms with van der Waals surface area (Å²) < 4.78 is 2.13. The lowest BCUT2D eigenvalue weighted by Gasteiger charge is -2.07. The fraction of sp³-hybridized carbons (Fsp3) is 0.353. The van der Waals surface area contributed by atoms with Crippen LogP contribution in [0, 0.1) is 0 Å². The van der Waals surface area contributed by atoms with Crippen molar-refractivity contribution in [1.29, 1.82) is 0 Å². The maximum Gasteiger partial charge on any atom is 0.0661 e. The van der Waals surface area contributed by atoms with Crippen LogP contribution in [-0.2, 0) is 0 Å². The van der Waals surface area contributed by atoms with E-state index in [0.29, 0.717) is 12.0 Å². The van der Waals surface area contributed by atoms with Gasteiger partial charge in [0.1, 0.15) is 0 Å². The van der Waals surface area contributed by atoms with E-state index >= 15 is 0 Å². The van der Waals surface area contributed by atoms with E-state index in [1.165, 1.54) is 29.8 Å². The van der Waals surface area contributed by atoms with Crippen molar-refractivity contribution in [2.75, 3.05) is 0 Å². The molecule has 0 N–H and O–H groups in total. The molecule has 0 radical (unpaired) electrons. The molecule has 3 rings (SSSR count). The SMILES string of the molecule is CC(C)n1nc(C2CC2)cc1/C=C/c1ccccc1. The van der Waals surface area contributed by atoms with E-state index in [9.17, 15) is 0 Å². The van der Waals surface area contributed by atoms with Gasteiger partial charge < -0.3 is 0 Å². The molecule has 1 saturated carbocycles. The summed E-state index contributed by atoms with van der Waals surface area (Å²) in [6.07, 6.45) is 6.94. The molecule has 0 atom stereocenters. The van der Waals surface area contributed by atoms with Crippen LogP contribution < -0.4 is 0 Å². The van der Waals surface area contributed by atoms with Crippen molar-refractivity contribution in [2.24, 2.45) is 0 Å². The first-order chi connectivity index (χ1) is 9.24. The second-order valence-electron chi connectivity index (χ2n) is 5.55. The van der Waals surface area contributed by atoms with Crippen molar-refractivity contribution >= 4 is 12.2 Å². The van der Waals surface area contributed by atoms with Gasteiger partial charge in [-0.2, -0.15) is 5.10 Å². The number of nitrogens with zero attached hydrogens (tertiary/aromatic N) is 2. The Labute approximate surface area is 114 Å². The molecule has 1 aromatic carbocycles. The van der Waals surface area contributed by atoms with Gasteiger partial charge in [-0.05, 0) is 44.4 Å². The summed E-state index contributed by atoms with van der Waals surface area (Å²) in [6.45, 7) is 4.37. The van der Waals surface area contributed by atoms with Gasteiger partial charge in [-0.3, -0.25) is 4.68 Å². The monoisotopic (exact) mass is 252 g/mol. The van der Waals surface area contributed by atoms with Crippen LogP contribution in [0.3, 0.4) is 0 Å². The Morgan fingerprint density at radius 1 is 1.16 bits per heavy atom. The van der Waals surface area contributed by atoms with Crippen molar-refractivity contribution in [2.45, 2.75) is 38.6 Å². The zero-order valence-electron chi connectivity index (χ0n) is 11.6. The number of hydrogen-bond acceptors (Lipinski definition) is 1.